The molecule has 1 amide bonds. The number of hydrogen-bond acceptors (Lipinski definition) is 4. The van der Waals surface area contributed by atoms with Gasteiger partial charge in [-0.2, -0.15) is 0 Å². The average molecular weight is 334 g/mol. The number of rotatable bonds is 7. The fourth-order valence-corrected chi connectivity index (χ4v) is 2.17. The second-order valence-corrected chi connectivity index (χ2v) is 7.17. The van der Waals surface area contributed by atoms with Crippen molar-refractivity contribution < 1.29 is 14.3 Å². The third-order valence-electron chi connectivity index (χ3n) is 3.45. The van der Waals surface area contributed by atoms with E-state index in [9.17, 15) is 9.59 Å². The Morgan fingerprint density at radius 1 is 1.04 bits per heavy atom. The molecule has 0 unspecified atom stereocenters. The van der Waals surface area contributed by atoms with Crippen molar-refractivity contribution in [3.05, 3.63) is 35.4 Å². The number of carbonyl (C=O) groups excluding carboxylic acids is 2. The normalized spacial score (nSPS) is 11.5. The summed E-state index contributed by atoms with van der Waals surface area (Å²) in [6.07, 6.45) is 0.927. The topological polar surface area (TPSA) is 49.9 Å². The summed E-state index contributed by atoms with van der Waals surface area (Å²) in [6.45, 7) is 8.64. The van der Waals surface area contributed by atoms with Crippen LogP contribution in [0.1, 0.15) is 43.6 Å². The molecule has 0 aliphatic heterocycles. The quantitative estimate of drug-likeness (QED) is 0.719. The summed E-state index contributed by atoms with van der Waals surface area (Å²) in [4.78, 5) is 28.4. The van der Waals surface area contributed by atoms with Gasteiger partial charge in [-0.05, 0) is 59.0 Å². The van der Waals surface area contributed by atoms with Crippen LogP contribution in [-0.2, 0) is 16.0 Å². The van der Waals surface area contributed by atoms with Crippen LogP contribution in [0, 0.1) is 0 Å². The Morgan fingerprint density at radius 3 is 2.08 bits per heavy atom. The monoisotopic (exact) mass is 334 g/mol. The predicted octanol–water partition coefficient (Wildman–Crippen LogP) is 2.59. The van der Waals surface area contributed by atoms with Gasteiger partial charge >= 0.3 is 5.97 Å². The summed E-state index contributed by atoms with van der Waals surface area (Å²) in [7, 11) is 3.87. The van der Waals surface area contributed by atoms with Gasteiger partial charge in [0.1, 0.15) is 12.1 Å². The highest BCUT2D eigenvalue weighted by Crippen LogP contribution is 2.11. The van der Waals surface area contributed by atoms with Crippen LogP contribution in [0.4, 0.5) is 0 Å². The highest BCUT2D eigenvalue weighted by molar-refractivity contribution is 5.96. The molecule has 1 rings (SSSR count). The molecule has 0 heterocycles. The molecule has 5 nitrogen and oxygen atoms in total. The number of likely N-dealkylation sites (N-methyl/N-ethyl adjacent to an activating group) is 1. The highest BCUT2D eigenvalue weighted by atomic mass is 16.6. The molecule has 0 aliphatic carbocycles. The first-order valence-corrected chi connectivity index (χ1v) is 8.37. The van der Waals surface area contributed by atoms with Gasteiger partial charge in [0, 0.05) is 18.7 Å². The Bertz CT molecular complexity index is 545. The van der Waals surface area contributed by atoms with Gasteiger partial charge in [-0.3, -0.25) is 9.59 Å². The molecule has 5 heteroatoms. The Hall–Kier alpha value is -1.88. The highest BCUT2D eigenvalue weighted by Gasteiger charge is 2.23. The summed E-state index contributed by atoms with van der Waals surface area (Å²) in [6, 6.07) is 7.54. The molecule has 24 heavy (non-hydrogen) atoms. The van der Waals surface area contributed by atoms with Crippen LogP contribution in [0.15, 0.2) is 24.3 Å². The summed E-state index contributed by atoms with van der Waals surface area (Å²) in [5, 5.41) is 0. The first-order valence-electron chi connectivity index (χ1n) is 8.37. The van der Waals surface area contributed by atoms with E-state index in [-0.39, 0.29) is 18.4 Å². The van der Waals surface area contributed by atoms with E-state index in [1.54, 1.807) is 4.90 Å². The van der Waals surface area contributed by atoms with Gasteiger partial charge < -0.3 is 14.5 Å². The van der Waals surface area contributed by atoms with Gasteiger partial charge in [0.15, 0.2) is 0 Å². The van der Waals surface area contributed by atoms with E-state index in [4.69, 9.17) is 4.74 Å². The molecular formula is C19H30N2O3. The van der Waals surface area contributed by atoms with E-state index in [0.29, 0.717) is 18.7 Å². The summed E-state index contributed by atoms with van der Waals surface area (Å²) >= 11 is 0. The summed E-state index contributed by atoms with van der Waals surface area (Å²) < 4.78 is 5.35. The maximum absolute atomic E-state index is 12.8. The number of amides is 1. The molecule has 1 aromatic rings. The van der Waals surface area contributed by atoms with Gasteiger partial charge in [0.2, 0.25) is 0 Å². The second-order valence-electron chi connectivity index (χ2n) is 7.17. The lowest BCUT2D eigenvalue weighted by Gasteiger charge is -2.26. The van der Waals surface area contributed by atoms with Crippen LogP contribution in [0.3, 0.4) is 0 Å². The van der Waals surface area contributed by atoms with Crippen molar-refractivity contribution in [2.24, 2.45) is 0 Å². The van der Waals surface area contributed by atoms with Crippen molar-refractivity contribution in [2.45, 2.75) is 39.7 Å². The Balaban J connectivity index is 2.86. The minimum Gasteiger partial charge on any atom is -0.459 e. The molecule has 0 aliphatic rings. The minimum absolute atomic E-state index is 0.0422. The molecule has 0 spiro atoms. The number of carbonyl (C=O) groups is 2. The summed E-state index contributed by atoms with van der Waals surface area (Å²) in [5.41, 5.74) is 1.21. The molecule has 0 bridgehead atoms. The zero-order valence-corrected chi connectivity index (χ0v) is 15.8. The fraction of sp³-hybridized carbons (Fsp3) is 0.579. The molecule has 0 saturated carbocycles. The number of esters is 1. The van der Waals surface area contributed by atoms with Crippen LogP contribution in [0.5, 0.6) is 0 Å². The van der Waals surface area contributed by atoms with Crippen LogP contribution in [-0.4, -0.2) is 61.0 Å². The number of benzene rings is 1. The van der Waals surface area contributed by atoms with E-state index in [2.05, 4.69) is 6.92 Å². The largest absolute Gasteiger partial charge is 0.459 e. The number of hydrogen-bond donors (Lipinski definition) is 0. The van der Waals surface area contributed by atoms with Crippen LogP contribution < -0.4 is 0 Å². The molecule has 134 valence electrons. The molecule has 0 fully saturated rings. The first-order chi connectivity index (χ1) is 11.1. The fourth-order valence-electron chi connectivity index (χ4n) is 2.17. The Morgan fingerprint density at radius 2 is 1.62 bits per heavy atom. The maximum Gasteiger partial charge on any atom is 0.326 e. The van der Waals surface area contributed by atoms with Crippen molar-refractivity contribution in [3.63, 3.8) is 0 Å². The predicted molar refractivity (Wildman–Crippen MR) is 96.1 cm³/mol. The lowest BCUT2D eigenvalue weighted by Crippen LogP contribution is -2.42. The Kier molecular flexibility index (Phi) is 7.42. The zero-order valence-electron chi connectivity index (χ0n) is 15.8. The lowest BCUT2D eigenvalue weighted by molar-refractivity contribution is -0.155. The second kappa shape index (κ2) is 8.83. The third kappa shape index (κ3) is 7.13. The molecule has 0 saturated heterocycles. The molecule has 0 radical (unpaired) electrons. The van der Waals surface area contributed by atoms with Crippen molar-refractivity contribution in [1.82, 2.24) is 9.80 Å². The van der Waals surface area contributed by atoms with Crippen molar-refractivity contribution in [2.75, 3.05) is 33.7 Å². The van der Waals surface area contributed by atoms with E-state index in [1.165, 1.54) is 5.56 Å². The average Bonchev–Trinajstić information content (AvgIpc) is 2.49. The van der Waals surface area contributed by atoms with Gasteiger partial charge in [-0.15, -0.1) is 0 Å². The van der Waals surface area contributed by atoms with Crippen molar-refractivity contribution in [1.29, 1.82) is 0 Å². The van der Waals surface area contributed by atoms with E-state index in [1.807, 2.05) is 64.0 Å². The van der Waals surface area contributed by atoms with E-state index in [0.717, 1.165) is 6.42 Å². The molecule has 0 aromatic heterocycles. The molecular weight excluding hydrogens is 304 g/mol. The third-order valence-corrected chi connectivity index (χ3v) is 3.45. The minimum atomic E-state index is -0.559. The van der Waals surface area contributed by atoms with Crippen molar-refractivity contribution >= 4 is 11.9 Å². The Labute approximate surface area is 145 Å². The molecule has 0 N–H and O–H groups in total. The number of ether oxygens (including phenoxy) is 1. The van der Waals surface area contributed by atoms with Crippen molar-refractivity contribution in [3.8, 4) is 0 Å². The molecule has 0 atom stereocenters. The smallest absolute Gasteiger partial charge is 0.326 e. The van der Waals surface area contributed by atoms with Gasteiger partial charge in [-0.25, -0.2) is 0 Å². The number of nitrogens with zero attached hydrogens (tertiary/aromatic N) is 2. The lowest BCUT2D eigenvalue weighted by atomic mass is 10.1. The van der Waals surface area contributed by atoms with E-state index < -0.39 is 5.60 Å². The number of aryl methyl sites for hydroxylation is 1. The van der Waals surface area contributed by atoms with Gasteiger partial charge in [-0.1, -0.05) is 19.1 Å². The zero-order chi connectivity index (χ0) is 18.3. The van der Waals surface area contributed by atoms with Crippen LogP contribution >= 0.6 is 0 Å². The summed E-state index contributed by atoms with van der Waals surface area (Å²) in [5.74, 6) is -0.537. The SMILES string of the molecule is CCc1ccc(C(=O)N(CCN(C)C)CC(=O)OC(C)(C)C)cc1. The van der Waals surface area contributed by atoms with Crippen LogP contribution in [0.2, 0.25) is 0 Å². The van der Waals surface area contributed by atoms with Gasteiger partial charge in [0.25, 0.3) is 5.91 Å². The molecule has 1 aromatic carbocycles. The van der Waals surface area contributed by atoms with Gasteiger partial charge in [0.05, 0.1) is 0 Å². The van der Waals surface area contributed by atoms with Crippen LogP contribution in [0.25, 0.3) is 0 Å². The standard InChI is InChI=1S/C19H30N2O3/c1-7-15-8-10-16(11-9-15)18(23)21(13-12-20(5)6)14-17(22)24-19(2,3)4/h8-11H,7,12-14H2,1-6H3. The first kappa shape index (κ1) is 20.2. The van der Waals surface area contributed by atoms with E-state index >= 15 is 0 Å². The maximum atomic E-state index is 12.8.